The van der Waals surface area contributed by atoms with Crippen LogP contribution in [0.5, 0.6) is 0 Å². The number of pyridine rings is 1. The summed E-state index contributed by atoms with van der Waals surface area (Å²) in [5.74, 6) is 0.577. The SMILES string of the molecule is O=S(O)CCc1nc2cccnc2o1. The molecule has 0 aliphatic heterocycles. The molecule has 2 aromatic heterocycles. The van der Waals surface area contributed by atoms with Crippen molar-refractivity contribution in [1.29, 1.82) is 0 Å². The molecule has 14 heavy (non-hydrogen) atoms. The van der Waals surface area contributed by atoms with Crippen molar-refractivity contribution in [2.45, 2.75) is 6.42 Å². The number of hydrogen-bond donors (Lipinski definition) is 1. The Labute approximate surface area is 82.5 Å². The molecular weight excluding hydrogens is 204 g/mol. The predicted molar refractivity (Wildman–Crippen MR) is 51.1 cm³/mol. The second kappa shape index (κ2) is 3.85. The fraction of sp³-hybridized carbons (Fsp3) is 0.250. The lowest BCUT2D eigenvalue weighted by atomic mass is 10.4. The van der Waals surface area contributed by atoms with Crippen LogP contribution in [-0.4, -0.2) is 24.5 Å². The molecule has 0 aliphatic rings. The highest BCUT2D eigenvalue weighted by Crippen LogP contribution is 2.12. The van der Waals surface area contributed by atoms with Crippen LogP contribution < -0.4 is 0 Å². The third-order valence-corrected chi connectivity index (χ3v) is 2.25. The van der Waals surface area contributed by atoms with Gasteiger partial charge in [-0.25, -0.2) is 14.2 Å². The first-order chi connectivity index (χ1) is 6.75. The highest BCUT2D eigenvalue weighted by Gasteiger charge is 2.06. The maximum Gasteiger partial charge on any atom is 0.246 e. The van der Waals surface area contributed by atoms with Gasteiger partial charge < -0.3 is 8.97 Å². The first-order valence-corrected chi connectivity index (χ1v) is 5.31. The first kappa shape index (κ1) is 9.29. The fourth-order valence-electron chi connectivity index (χ4n) is 1.10. The van der Waals surface area contributed by atoms with E-state index in [9.17, 15) is 4.21 Å². The van der Waals surface area contributed by atoms with E-state index in [0.717, 1.165) is 0 Å². The minimum atomic E-state index is -1.81. The van der Waals surface area contributed by atoms with Crippen molar-refractivity contribution in [2.24, 2.45) is 0 Å². The van der Waals surface area contributed by atoms with Crippen LogP contribution >= 0.6 is 0 Å². The number of hydrogen-bond acceptors (Lipinski definition) is 4. The van der Waals surface area contributed by atoms with E-state index in [1.165, 1.54) is 0 Å². The van der Waals surface area contributed by atoms with Crippen LogP contribution in [0.1, 0.15) is 5.89 Å². The number of aromatic nitrogens is 2. The predicted octanol–water partition coefficient (Wildman–Crippen LogP) is 0.987. The van der Waals surface area contributed by atoms with Gasteiger partial charge in [-0.15, -0.1) is 0 Å². The number of oxazole rings is 1. The molecule has 1 N–H and O–H groups in total. The molecule has 0 amide bonds. The zero-order valence-corrected chi connectivity index (χ0v) is 8.03. The lowest BCUT2D eigenvalue weighted by Crippen LogP contribution is -1.98. The third-order valence-electron chi connectivity index (χ3n) is 1.70. The summed E-state index contributed by atoms with van der Waals surface area (Å²) in [6.45, 7) is 0. The smallest absolute Gasteiger partial charge is 0.246 e. The van der Waals surface area contributed by atoms with Crippen LogP contribution in [0.4, 0.5) is 0 Å². The third kappa shape index (κ3) is 1.97. The van der Waals surface area contributed by atoms with Crippen molar-refractivity contribution < 1.29 is 13.2 Å². The summed E-state index contributed by atoms with van der Waals surface area (Å²) in [6.07, 6.45) is 1.96. The Balaban J connectivity index is 2.22. The molecule has 6 heteroatoms. The average molecular weight is 212 g/mol. The molecule has 0 radical (unpaired) electrons. The minimum absolute atomic E-state index is 0.132. The summed E-state index contributed by atoms with van der Waals surface area (Å²) in [5, 5.41) is 0. The van der Waals surface area contributed by atoms with E-state index in [1.807, 2.05) is 0 Å². The zero-order chi connectivity index (χ0) is 9.97. The molecule has 2 aromatic rings. The maximum absolute atomic E-state index is 10.4. The molecule has 0 spiro atoms. The fourth-order valence-corrected chi connectivity index (χ4v) is 1.45. The number of fused-ring (bicyclic) bond motifs is 1. The van der Waals surface area contributed by atoms with E-state index in [2.05, 4.69) is 9.97 Å². The molecular formula is C8H8N2O3S. The van der Waals surface area contributed by atoms with Gasteiger partial charge in [-0.05, 0) is 12.1 Å². The van der Waals surface area contributed by atoms with Gasteiger partial charge in [-0.2, -0.15) is 0 Å². The summed E-state index contributed by atoms with van der Waals surface area (Å²) in [7, 11) is 0. The molecule has 0 bridgehead atoms. The molecule has 0 aromatic carbocycles. The van der Waals surface area contributed by atoms with Gasteiger partial charge in [0.25, 0.3) is 0 Å². The molecule has 2 heterocycles. The standard InChI is InChI=1S/C8H8N2O3S/c11-14(12)5-3-7-10-6-2-1-4-9-8(6)13-7/h1-2,4H,3,5H2,(H,11,12). The normalized spacial score (nSPS) is 13.2. The quantitative estimate of drug-likeness (QED) is 0.767. The van der Waals surface area contributed by atoms with E-state index in [4.69, 9.17) is 8.97 Å². The van der Waals surface area contributed by atoms with Gasteiger partial charge in [-0.3, -0.25) is 0 Å². The monoisotopic (exact) mass is 212 g/mol. The van der Waals surface area contributed by atoms with Crippen molar-refractivity contribution in [1.82, 2.24) is 9.97 Å². The molecule has 0 saturated carbocycles. The molecule has 5 nitrogen and oxygen atoms in total. The lowest BCUT2D eigenvalue weighted by Gasteiger charge is -1.88. The number of nitrogens with zero attached hydrogens (tertiary/aromatic N) is 2. The van der Waals surface area contributed by atoms with Gasteiger partial charge in [0.1, 0.15) is 5.52 Å². The molecule has 2 rings (SSSR count). The Bertz CT molecular complexity index is 435. The molecule has 1 unspecified atom stereocenters. The Morgan fingerprint density at radius 1 is 1.57 bits per heavy atom. The van der Waals surface area contributed by atoms with Crippen molar-refractivity contribution in [3.63, 3.8) is 0 Å². The summed E-state index contributed by atoms with van der Waals surface area (Å²) in [4.78, 5) is 8.07. The van der Waals surface area contributed by atoms with Crippen molar-refractivity contribution in [3.8, 4) is 0 Å². The van der Waals surface area contributed by atoms with Gasteiger partial charge in [0.05, 0.1) is 5.75 Å². The van der Waals surface area contributed by atoms with E-state index in [0.29, 0.717) is 23.5 Å². The zero-order valence-electron chi connectivity index (χ0n) is 7.21. The van der Waals surface area contributed by atoms with Crippen LogP contribution in [0.25, 0.3) is 11.2 Å². The summed E-state index contributed by atoms with van der Waals surface area (Å²) in [6, 6.07) is 3.55. The van der Waals surface area contributed by atoms with Crippen LogP contribution in [-0.2, 0) is 17.5 Å². The van der Waals surface area contributed by atoms with Crippen molar-refractivity contribution in [3.05, 3.63) is 24.2 Å². The van der Waals surface area contributed by atoms with Crippen molar-refractivity contribution in [2.75, 3.05) is 5.75 Å². The molecule has 74 valence electrons. The van der Waals surface area contributed by atoms with Crippen molar-refractivity contribution >= 4 is 22.3 Å². The van der Waals surface area contributed by atoms with Gasteiger partial charge in [0.15, 0.2) is 17.0 Å². The van der Waals surface area contributed by atoms with Gasteiger partial charge >= 0.3 is 0 Å². The molecule has 0 aliphatic carbocycles. The first-order valence-electron chi connectivity index (χ1n) is 4.03. The Morgan fingerprint density at radius 3 is 3.14 bits per heavy atom. The number of rotatable bonds is 3. The topological polar surface area (TPSA) is 76.2 Å². The summed E-state index contributed by atoms with van der Waals surface area (Å²) >= 11 is -1.81. The Hall–Kier alpha value is -1.27. The van der Waals surface area contributed by atoms with Gasteiger partial charge in [0.2, 0.25) is 5.71 Å². The second-order valence-electron chi connectivity index (χ2n) is 2.71. The highest BCUT2D eigenvalue weighted by molar-refractivity contribution is 7.79. The maximum atomic E-state index is 10.4. The van der Waals surface area contributed by atoms with E-state index in [1.54, 1.807) is 18.3 Å². The van der Waals surface area contributed by atoms with Gasteiger partial charge in [0, 0.05) is 12.6 Å². The van der Waals surface area contributed by atoms with Crippen LogP contribution in [0, 0.1) is 0 Å². The van der Waals surface area contributed by atoms with Crippen LogP contribution in [0.15, 0.2) is 22.7 Å². The highest BCUT2D eigenvalue weighted by atomic mass is 32.2. The van der Waals surface area contributed by atoms with Crippen LogP contribution in [0.3, 0.4) is 0 Å². The van der Waals surface area contributed by atoms with E-state index < -0.39 is 11.1 Å². The molecule has 1 atom stereocenters. The van der Waals surface area contributed by atoms with Gasteiger partial charge in [-0.1, -0.05) is 0 Å². The largest absolute Gasteiger partial charge is 0.422 e. The minimum Gasteiger partial charge on any atom is -0.422 e. The van der Waals surface area contributed by atoms with E-state index >= 15 is 0 Å². The molecule has 0 fully saturated rings. The van der Waals surface area contributed by atoms with E-state index in [-0.39, 0.29) is 5.75 Å². The molecule has 0 saturated heterocycles. The number of aryl methyl sites for hydroxylation is 1. The second-order valence-corrected chi connectivity index (χ2v) is 3.76. The van der Waals surface area contributed by atoms with Crippen LogP contribution in [0.2, 0.25) is 0 Å². The Kier molecular flexibility index (Phi) is 2.55. The summed E-state index contributed by atoms with van der Waals surface area (Å²) < 4.78 is 24.2. The Morgan fingerprint density at radius 2 is 2.43 bits per heavy atom. The average Bonchev–Trinajstić information content (AvgIpc) is 2.57. The summed E-state index contributed by atoms with van der Waals surface area (Å²) in [5.41, 5.74) is 1.14. The lowest BCUT2D eigenvalue weighted by molar-refractivity contribution is 0.521.